The van der Waals surface area contributed by atoms with Gasteiger partial charge in [0.2, 0.25) is 10.0 Å². The van der Waals surface area contributed by atoms with Crippen LogP contribution in [0.25, 0.3) is 0 Å². The summed E-state index contributed by atoms with van der Waals surface area (Å²) < 4.78 is 25.9. The average Bonchev–Trinajstić information content (AvgIpc) is 2.28. The highest BCUT2D eigenvalue weighted by Gasteiger charge is 2.27. The molecule has 0 heterocycles. The molecule has 1 atom stereocenters. The third-order valence-corrected chi connectivity index (χ3v) is 5.52. The fourth-order valence-corrected chi connectivity index (χ4v) is 3.43. The third kappa shape index (κ3) is 3.13. The number of nitrogens with zero attached hydrogens (tertiary/aromatic N) is 1. The van der Waals surface area contributed by atoms with Gasteiger partial charge in [-0.3, -0.25) is 4.31 Å². The Kier molecular flexibility index (Phi) is 4.83. The molecular weight excluding hydrogens is 258 g/mol. The van der Waals surface area contributed by atoms with Crippen molar-refractivity contribution in [3.05, 3.63) is 29.8 Å². The second kappa shape index (κ2) is 5.74. The zero-order valence-electron chi connectivity index (χ0n) is 10.4. The van der Waals surface area contributed by atoms with Crippen molar-refractivity contribution in [2.45, 2.75) is 26.0 Å². The van der Waals surface area contributed by atoms with Crippen molar-refractivity contribution in [2.75, 3.05) is 16.7 Å². The van der Waals surface area contributed by atoms with Gasteiger partial charge >= 0.3 is 0 Å². The minimum atomic E-state index is -3.37. The summed E-state index contributed by atoms with van der Waals surface area (Å²) in [4.78, 5) is 0. The summed E-state index contributed by atoms with van der Waals surface area (Å²) in [5.41, 5.74) is 1.74. The topological polar surface area (TPSA) is 37.4 Å². The Hall–Kier alpha value is -0.740. The van der Waals surface area contributed by atoms with Crippen LogP contribution >= 0.6 is 11.6 Å². The molecule has 0 aliphatic rings. The van der Waals surface area contributed by atoms with Crippen molar-refractivity contribution in [3.8, 4) is 0 Å². The van der Waals surface area contributed by atoms with Crippen LogP contribution in [0.5, 0.6) is 0 Å². The van der Waals surface area contributed by atoms with Gasteiger partial charge in [-0.05, 0) is 38.5 Å². The Morgan fingerprint density at radius 1 is 1.41 bits per heavy atom. The van der Waals surface area contributed by atoms with Crippen molar-refractivity contribution < 1.29 is 8.42 Å². The maximum absolute atomic E-state index is 12.2. The first-order valence-electron chi connectivity index (χ1n) is 5.57. The molecule has 1 aromatic carbocycles. The predicted octanol–water partition coefficient (Wildman–Crippen LogP) is 2.78. The second-order valence-electron chi connectivity index (χ2n) is 4.01. The van der Waals surface area contributed by atoms with E-state index in [9.17, 15) is 8.42 Å². The fraction of sp³-hybridized carbons (Fsp3) is 0.500. The number of benzene rings is 1. The van der Waals surface area contributed by atoms with Gasteiger partial charge in [0.15, 0.2) is 0 Å². The summed E-state index contributed by atoms with van der Waals surface area (Å²) in [6.45, 7) is 5.80. The minimum absolute atomic E-state index is 0.102. The normalized spacial score (nSPS) is 13.4. The molecule has 1 aromatic rings. The van der Waals surface area contributed by atoms with Gasteiger partial charge < -0.3 is 0 Å². The summed E-state index contributed by atoms with van der Waals surface area (Å²) in [7, 11) is -3.37. The average molecular weight is 276 g/mol. The lowest BCUT2D eigenvalue weighted by atomic mass is 10.2. The fourth-order valence-electron chi connectivity index (χ4n) is 1.59. The zero-order chi connectivity index (χ0) is 13.1. The number of halogens is 1. The third-order valence-electron chi connectivity index (χ3n) is 2.61. The molecule has 0 saturated carbocycles. The van der Waals surface area contributed by atoms with Gasteiger partial charge in [0.25, 0.3) is 0 Å². The number of sulfonamides is 1. The van der Waals surface area contributed by atoms with Crippen molar-refractivity contribution in [1.29, 1.82) is 0 Å². The van der Waals surface area contributed by atoms with Gasteiger partial charge in [0.1, 0.15) is 0 Å². The first kappa shape index (κ1) is 14.3. The van der Waals surface area contributed by atoms with E-state index in [-0.39, 0.29) is 5.88 Å². The summed E-state index contributed by atoms with van der Waals surface area (Å²) >= 11 is 5.65. The Bertz CT molecular complexity index is 473. The van der Waals surface area contributed by atoms with E-state index in [4.69, 9.17) is 11.6 Å². The molecule has 96 valence electrons. The largest absolute Gasteiger partial charge is 0.270 e. The van der Waals surface area contributed by atoms with Crippen LogP contribution in [0.15, 0.2) is 24.3 Å². The van der Waals surface area contributed by atoms with Crippen molar-refractivity contribution >= 4 is 27.3 Å². The summed E-state index contributed by atoms with van der Waals surface area (Å²) in [6, 6.07) is 7.46. The molecule has 0 radical (unpaired) electrons. The van der Waals surface area contributed by atoms with Crippen LogP contribution in [-0.4, -0.2) is 26.1 Å². The molecule has 0 amide bonds. The first-order chi connectivity index (χ1) is 7.93. The van der Waals surface area contributed by atoms with E-state index in [1.807, 2.05) is 32.0 Å². The minimum Gasteiger partial charge on any atom is -0.270 e. The lowest BCUT2D eigenvalue weighted by molar-refractivity contribution is 0.583. The molecule has 0 aromatic heterocycles. The quantitative estimate of drug-likeness (QED) is 0.775. The smallest absolute Gasteiger partial charge is 0.238 e. The summed E-state index contributed by atoms with van der Waals surface area (Å²) in [5, 5.41) is -0.579. The van der Waals surface area contributed by atoms with Gasteiger partial charge in [-0.15, -0.1) is 11.6 Å². The highest BCUT2D eigenvalue weighted by Crippen LogP contribution is 2.22. The predicted molar refractivity (Wildman–Crippen MR) is 73.3 cm³/mol. The van der Waals surface area contributed by atoms with Gasteiger partial charge in [-0.1, -0.05) is 12.1 Å². The van der Waals surface area contributed by atoms with Crippen LogP contribution in [-0.2, 0) is 10.0 Å². The summed E-state index contributed by atoms with van der Waals surface area (Å²) in [5.74, 6) is 0.102. The van der Waals surface area contributed by atoms with Gasteiger partial charge in [-0.2, -0.15) is 0 Å². The molecule has 17 heavy (non-hydrogen) atoms. The van der Waals surface area contributed by atoms with Crippen LogP contribution in [0.2, 0.25) is 0 Å². The van der Waals surface area contributed by atoms with Gasteiger partial charge in [0.05, 0.1) is 10.9 Å². The van der Waals surface area contributed by atoms with Crippen LogP contribution in [0.1, 0.15) is 19.4 Å². The van der Waals surface area contributed by atoms with Gasteiger partial charge in [0, 0.05) is 12.4 Å². The molecule has 5 heteroatoms. The lowest BCUT2D eigenvalue weighted by Crippen LogP contribution is -2.38. The highest BCUT2D eigenvalue weighted by molar-refractivity contribution is 7.93. The van der Waals surface area contributed by atoms with Crippen molar-refractivity contribution in [2.24, 2.45) is 0 Å². The lowest BCUT2D eigenvalue weighted by Gasteiger charge is -2.26. The first-order valence-corrected chi connectivity index (χ1v) is 7.61. The van der Waals surface area contributed by atoms with E-state index < -0.39 is 15.3 Å². The maximum Gasteiger partial charge on any atom is 0.238 e. The molecule has 0 saturated heterocycles. The zero-order valence-corrected chi connectivity index (χ0v) is 11.9. The number of hydrogen-bond donors (Lipinski definition) is 0. The van der Waals surface area contributed by atoms with Gasteiger partial charge in [-0.25, -0.2) is 8.42 Å². The molecule has 3 nitrogen and oxygen atoms in total. The van der Waals surface area contributed by atoms with E-state index >= 15 is 0 Å². The van der Waals surface area contributed by atoms with Crippen LogP contribution < -0.4 is 4.31 Å². The number of anilines is 1. The highest BCUT2D eigenvalue weighted by atomic mass is 35.5. The molecule has 0 fully saturated rings. The molecule has 0 aliphatic carbocycles. The van der Waals surface area contributed by atoms with E-state index in [0.717, 1.165) is 5.56 Å². The summed E-state index contributed by atoms with van der Waals surface area (Å²) in [6.07, 6.45) is 0. The number of alkyl halides is 1. The van der Waals surface area contributed by atoms with E-state index in [2.05, 4.69) is 0 Å². The van der Waals surface area contributed by atoms with Crippen LogP contribution in [0, 0.1) is 6.92 Å². The van der Waals surface area contributed by atoms with Crippen molar-refractivity contribution in [3.63, 3.8) is 0 Å². The Labute approximate surface area is 108 Å². The molecule has 1 unspecified atom stereocenters. The standard InChI is InChI=1S/C12H18ClNO2S/c1-4-14(17(15,16)11(3)9-13)12-7-5-6-10(2)8-12/h5-8,11H,4,9H2,1-3H3. The Morgan fingerprint density at radius 2 is 2.06 bits per heavy atom. The molecule has 1 rings (SSSR count). The monoisotopic (exact) mass is 275 g/mol. The number of hydrogen-bond acceptors (Lipinski definition) is 2. The maximum atomic E-state index is 12.2. The SMILES string of the molecule is CCN(c1cccc(C)c1)S(=O)(=O)C(C)CCl. The Morgan fingerprint density at radius 3 is 2.53 bits per heavy atom. The van der Waals surface area contributed by atoms with E-state index in [0.29, 0.717) is 12.2 Å². The number of rotatable bonds is 5. The van der Waals surface area contributed by atoms with Crippen molar-refractivity contribution in [1.82, 2.24) is 0 Å². The molecule has 0 aliphatic heterocycles. The van der Waals surface area contributed by atoms with Crippen LogP contribution in [0.4, 0.5) is 5.69 Å². The van der Waals surface area contributed by atoms with E-state index in [1.54, 1.807) is 13.0 Å². The molecule has 0 spiro atoms. The number of aryl methyl sites for hydroxylation is 1. The molecular formula is C12H18ClNO2S. The Balaban J connectivity index is 3.16. The van der Waals surface area contributed by atoms with Crippen LogP contribution in [0.3, 0.4) is 0 Å². The molecule has 0 N–H and O–H groups in total. The molecule has 0 bridgehead atoms. The van der Waals surface area contributed by atoms with E-state index in [1.165, 1.54) is 4.31 Å². The second-order valence-corrected chi connectivity index (χ2v) is 6.60.